The van der Waals surface area contributed by atoms with Crippen LogP contribution < -0.4 is 5.73 Å². The average Bonchev–Trinajstić information content (AvgIpc) is 2.12. The van der Waals surface area contributed by atoms with Crippen molar-refractivity contribution in [3.8, 4) is 0 Å². The van der Waals surface area contributed by atoms with Crippen molar-refractivity contribution in [3.05, 3.63) is 34.3 Å². The molecule has 15 heavy (non-hydrogen) atoms. The molecule has 1 saturated heterocycles. The number of carbonyl (C=O) groups excluding carboxylic acids is 1. The van der Waals surface area contributed by atoms with Gasteiger partial charge < -0.3 is 5.73 Å². The van der Waals surface area contributed by atoms with Gasteiger partial charge >= 0.3 is 0 Å². The summed E-state index contributed by atoms with van der Waals surface area (Å²) < 4.78 is 1.12. The summed E-state index contributed by atoms with van der Waals surface area (Å²) in [6.45, 7) is 2.46. The lowest BCUT2D eigenvalue weighted by atomic mass is 9.99. The van der Waals surface area contributed by atoms with Gasteiger partial charge in [-0.3, -0.25) is 9.69 Å². The molecule has 2 N–H and O–H groups in total. The Hall–Kier alpha value is -0.870. The molecular formula is C11H13BrN2O. The first-order chi connectivity index (χ1) is 7.16. The number of hydrogen-bond acceptors (Lipinski definition) is 2. The quantitative estimate of drug-likeness (QED) is 0.900. The van der Waals surface area contributed by atoms with Gasteiger partial charge in [0.1, 0.15) is 0 Å². The number of likely N-dealkylation sites (tertiary alicyclic amines) is 1. The van der Waals surface area contributed by atoms with Gasteiger partial charge in [-0.15, -0.1) is 0 Å². The molecule has 0 aromatic heterocycles. The number of halogens is 1. The third-order valence-corrected chi connectivity index (χ3v) is 3.48. The minimum Gasteiger partial charge on any atom is -0.369 e. The van der Waals surface area contributed by atoms with Gasteiger partial charge in [0.05, 0.1) is 5.92 Å². The molecule has 2 rings (SSSR count). The van der Waals surface area contributed by atoms with Crippen LogP contribution in [0.5, 0.6) is 0 Å². The topological polar surface area (TPSA) is 46.3 Å². The van der Waals surface area contributed by atoms with E-state index in [0.29, 0.717) is 0 Å². The van der Waals surface area contributed by atoms with Crippen LogP contribution in [-0.2, 0) is 11.3 Å². The Morgan fingerprint density at radius 3 is 2.73 bits per heavy atom. The molecular weight excluding hydrogens is 256 g/mol. The number of amides is 1. The highest BCUT2D eigenvalue weighted by Crippen LogP contribution is 2.22. The molecule has 1 fully saturated rings. The number of nitrogens with zero attached hydrogens (tertiary/aromatic N) is 1. The normalized spacial score (nSPS) is 17.4. The maximum atomic E-state index is 10.8. The van der Waals surface area contributed by atoms with Crippen LogP contribution in [0.15, 0.2) is 28.7 Å². The summed E-state index contributed by atoms with van der Waals surface area (Å²) in [4.78, 5) is 13.1. The molecule has 1 aliphatic heterocycles. The Balaban J connectivity index is 1.90. The van der Waals surface area contributed by atoms with E-state index in [1.807, 2.05) is 18.2 Å². The van der Waals surface area contributed by atoms with Gasteiger partial charge in [0.15, 0.2) is 0 Å². The second-order valence-corrected chi connectivity index (χ2v) is 4.74. The number of carbonyl (C=O) groups is 1. The monoisotopic (exact) mass is 268 g/mol. The zero-order valence-electron chi connectivity index (χ0n) is 8.32. The minimum atomic E-state index is -0.182. The van der Waals surface area contributed by atoms with Crippen LogP contribution in [0.4, 0.5) is 0 Å². The second-order valence-electron chi connectivity index (χ2n) is 3.88. The third-order valence-electron chi connectivity index (χ3n) is 2.71. The highest BCUT2D eigenvalue weighted by atomic mass is 79.9. The van der Waals surface area contributed by atoms with E-state index in [-0.39, 0.29) is 11.8 Å². The Morgan fingerprint density at radius 2 is 2.13 bits per heavy atom. The molecule has 1 amide bonds. The van der Waals surface area contributed by atoms with Crippen molar-refractivity contribution < 1.29 is 4.79 Å². The molecule has 0 bridgehead atoms. The SMILES string of the molecule is NC(=O)C1CN(Cc2ccccc2Br)C1. The predicted molar refractivity (Wildman–Crippen MR) is 62.1 cm³/mol. The van der Waals surface area contributed by atoms with Gasteiger partial charge in [-0.25, -0.2) is 0 Å². The first kappa shape index (κ1) is 10.6. The molecule has 0 spiro atoms. The van der Waals surface area contributed by atoms with Crippen LogP contribution in [0, 0.1) is 5.92 Å². The van der Waals surface area contributed by atoms with E-state index in [1.54, 1.807) is 0 Å². The summed E-state index contributed by atoms with van der Waals surface area (Å²) >= 11 is 3.50. The third kappa shape index (κ3) is 2.38. The summed E-state index contributed by atoms with van der Waals surface area (Å²) in [5, 5.41) is 0. The largest absolute Gasteiger partial charge is 0.369 e. The second kappa shape index (κ2) is 4.33. The van der Waals surface area contributed by atoms with Crippen molar-refractivity contribution in [2.75, 3.05) is 13.1 Å². The molecule has 1 aromatic rings. The van der Waals surface area contributed by atoms with Crippen LogP contribution in [0.3, 0.4) is 0 Å². The van der Waals surface area contributed by atoms with E-state index in [9.17, 15) is 4.79 Å². The summed E-state index contributed by atoms with van der Waals surface area (Å²) in [6, 6.07) is 8.13. The average molecular weight is 269 g/mol. The van der Waals surface area contributed by atoms with Crippen LogP contribution in [-0.4, -0.2) is 23.9 Å². The van der Waals surface area contributed by atoms with Gasteiger partial charge in [-0.2, -0.15) is 0 Å². The smallest absolute Gasteiger partial charge is 0.223 e. The molecule has 1 heterocycles. The summed E-state index contributed by atoms with van der Waals surface area (Å²) in [6.07, 6.45) is 0. The standard InChI is InChI=1S/C11H13BrN2O/c12-10-4-2-1-3-8(10)5-14-6-9(7-14)11(13)15/h1-4,9H,5-7H2,(H2,13,15). The predicted octanol–water partition coefficient (Wildman–Crippen LogP) is 1.37. The molecule has 1 aliphatic rings. The van der Waals surface area contributed by atoms with Crippen molar-refractivity contribution in [2.24, 2.45) is 11.7 Å². The number of primary amides is 1. The van der Waals surface area contributed by atoms with Gasteiger partial charge in [0.2, 0.25) is 5.91 Å². The lowest BCUT2D eigenvalue weighted by molar-refractivity contribution is -0.127. The van der Waals surface area contributed by atoms with Gasteiger partial charge in [-0.05, 0) is 11.6 Å². The molecule has 0 unspecified atom stereocenters. The van der Waals surface area contributed by atoms with Crippen molar-refractivity contribution in [1.82, 2.24) is 4.90 Å². The lowest BCUT2D eigenvalue weighted by Crippen LogP contribution is -2.51. The number of nitrogens with two attached hydrogens (primary N) is 1. The Bertz CT molecular complexity index is 375. The van der Waals surface area contributed by atoms with Crippen molar-refractivity contribution in [2.45, 2.75) is 6.54 Å². The molecule has 1 aromatic carbocycles. The van der Waals surface area contributed by atoms with E-state index in [1.165, 1.54) is 5.56 Å². The van der Waals surface area contributed by atoms with Gasteiger partial charge in [-0.1, -0.05) is 34.1 Å². The Kier molecular flexibility index (Phi) is 3.07. The Labute approximate surface area is 97.4 Å². The highest BCUT2D eigenvalue weighted by Gasteiger charge is 2.30. The number of hydrogen-bond donors (Lipinski definition) is 1. The van der Waals surface area contributed by atoms with Crippen LogP contribution in [0.25, 0.3) is 0 Å². The van der Waals surface area contributed by atoms with E-state index in [2.05, 4.69) is 26.9 Å². The van der Waals surface area contributed by atoms with Gasteiger partial charge in [0.25, 0.3) is 0 Å². The minimum absolute atomic E-state index is 0.0486. The number of rotatable bonds is 3. The van der Waals surface area contributed by atoms with E-state index >= 15 is 0 Å². The maximum Gasteiger partial charge on any atom is 0.223 e. The van der Waals surface area contributed by atoms with E-state index in [4.69, 9.17) is 5.73 Å². The van der Waals surface area contributed by atoms with Crippen LogP contribution >= 0.6 is 15.9 Å². The zero-order valence-corrected chi connectivity index (χ0v) is 9.90. The summed E-state index contributed by atoms with van der Waals surface area (Å²) in [7, 11) is 0. The zero-order chi connectivity index (χ0) is 10.8. The fourth-order valence-corrected chi connectivity index (χ4v) is 2.16. The molecule has 0 aliphatic carbocycles. The van der Waals surface area contributed by atoms with Gasteiger partial charge in [0, 0.05) is 24.1 Å². The highest BCUT2D eigenvalue weighted by molar-refractivity contribution is 9.10. The Morgan fingerprint density at radius 1 is 1.47 bits per heavy atom. The molecule has 4 heteroatoms. The fraction of sp³-hybridized carbons (Fsp3) is 0.364. The van der Waals surface area contributed by atoms with Crippen LogP contribution in [0.1, 0.15) is 5.56 Å². The first-order valence-corrected chi connectivity index (χ1v) is 5.71. The fourth-order valence-electron chi connectivity index (χ4n) is 1.75. The maximum absolute atomic E-state index is 10.8. The molecule has 3 nitrogen and oxygen atoms in total. The lowest BCUT2D eigenvalue weighted by Gasteiger charge is -2.37. The molecule has 0 atom stereocenters. The van der Waals surface area contributed by atoms with Crippen molar-refractivity contribution >= 4 is 21.8 Å². The molecule has 80 valence electrons. The molecule has 0 saturated carbocycles. The van der Waals surface area contributed by atoms with Crippen molar-refractivity contribution in [3.63, 3.8) is 0 Å². The van der Waals surface area contributed by atoms with E-state index in [0.717, 1.165) is 24.1 Å². The van der Waals surface area contributed by atoms with Crippen molar-refractivity contribution in [1.29, 1.82) is 0 Å². The van der Waals surface area contributed by atoms with E-state index < -0.39 is 0 Å². The summed E-state index contributed by atoms with van der Waals surface area (Å²) in [5.41, 5.74) is 6.46. The summed E-state index contributed by atoms with van der Waals surface area (Å²) in [5.74, 6) is -0.133. The molecule has 0 radical (unpaired) electrons. The number of benzene rings is 1. The first-order valence-electron chi connectivity index (χ1n) is 4.92. The van der Waals surface area contributed by atoms with Crippen LogP contribution in [0.2, 0.25) is 0 Å².